The van der Waals surface area contributed by atoms with Crippen molar-refractivity contribution in [2.24, 2.45) is 5.73 Å². The van der Waals surface area contributed by atoms with Gasteiger partial charge in [-0.1, -0.05) is 19.1 Å². The molecule has 112 valence electrons. The molecule has 0 radical (unpaired) electrons. The van der Waals surface area contributed by atoms with Crippen LogP contribution in [0.3, 0.4) is 0 Å². The smallest absolute Gasteiger partial charge is 0.169 e. The van der Waals surface area contributed by atoms with Crippen molar-refractivity contribution in [1.82, 2.24) is 0 Å². The zero-order chi connectivity index (χ0) is 15.2. The molecule has 0 aliphatic carbocycles. The van der Waals surface area contributed by atoms with Crippen LogP contribution in [0.5, 0.6) is 17.2 Å². The number of ether oxygens (including phenoxy) is 2. The van der Waals surface area contributed by atoms with Gasteiger partial charge in [-0.05, 0) is 67.3 Å². The van der Waals surface area contributed by atoms with E-state index in [1.807, 2.05) is 24.3 Å². The van der Waals surface area contributed by atoms with Crippen molar-refractivity contribution in [3.63, 3.8) is 0 Å². The molecule has 0 saturated carbocycles. The Morgan fingerprint density at radius 2 is 1.86 bits per heavy atom. The van der Waals surface area contributed by atoms with Gasteiger partial charge in [-0.3, -0.25) is 0 Å². The molecule has 0 amide bonds. The fraction of sp³-hybridized carbons (Fsp3) is 0.333. The molecule has 21 heavy (non-hydrogen) atoms. The Bertz CT molecular complexity index is 608. The number of rotatable bonds is 6. The van der Waals surface area contributed by atoms with Gasteiger partial charge in [0, 0.05) is 0 Å². The van der Waals surface area contributed by atoms with Crippen LogP contribution in [0.15, 0.2) is 36.4 Å². The van der Waals surface area contributed by atoms with E-state index < -0.39 is 0 Å². The second kappa shape index (κ2) is 7.14. The van der Waals surface area contributed by atoms with Crippen molar-refractivity contribution in [3.8, 4) is 17.2 Å². The number of aryl methyl sites for hydroxylation is 2. The maximum atomic E-state index is 5.96. The van der Waals surface area contributed by atoms with Crippen molar-refractivity contribution in [2.75, 3.05) is 13.7 Å². The predicted octanol–water partition coefficient (Wildman–Crippen LogP) is 3.86. The Morgan fingerprint density at radius 3 is 2.48 bits per heavy atom. The van der Waals surface area contributed by atoms with Crippen LogP contribution in [-0.4, -0.2) is 13.7 Å². The first-order valence-electron chi connectivity index (χ1n) is 7.32. The fourth-order valence-electron chi connectivity index (χ4n) is 2.31. The third-order valence-electron chi connectivity index (χ3n) is 3.59. The summed E-state index contributed by atoms with van der Waals surface area (Å²) in [5.41, 5.74) is 9.30. The molecule has 0 saturated heterocycles. The van der Waals surface area contributed by atoms with Gasteiger partial charge in [0.05, 0.1) is 7.11 Å². The van der Waals surface area contributed by atoms with E-state index in [4.69, 9.17) is 15.2 Å². The van der Waals surface area contributed by atoms with Gasteiger partial charge in [0.2, 0.25) is 0 Å². The number of nitrogens with two attached hydrogens (primary N) is 1. The monoisotopic (exact) mass is 285 g/mol. The molecule has 0 atom stereocenters. The molecule has 2 aromatic rings. The fourth-order valence-corrected chi connectivity index (χ4v) is 2.31. The average Bonchev–Trinajstić information content (AvgIpc) is 2.50. The molecule has 0 spiro atoms. The maximum absolute atomic E-state index is 5.96. The van der Waals surface area contributed by atoms with Crippen molar-refractivity contribution in [2.45, 2.75) is 26.7 Å². The van der Waals surface area contributed by atoms with Crippen LogP contribution in [0, 0.1) is 6.92 Å². The Hall–Kier alpha value is -2.00. The molecule has 2 N–H and O–H groups in total. The van der Waals surface area contributed by atoms with Crippen molar-refractivity contribution >= 4 is 0 Å². The Labute approximate surface area is 126 Å². The summed E-state index contributed by atoms with van der Waals surface area (Å²) in [5, 5.41) is 0. The van der Waals surface area contributed by atoms with Crippen LogP contribution in [0.25, 0.3) is 0 Å². The lowest BCUT2D eigenvalue weighted by Gasteiger charge is -2.13. The lowest BCUT2D eigenvalue weighted by molar-refractivity contribution is 0.378. The van der Waals surface area contributed by atoms with Crippen LogP contribution in [0.2, 0.25) is 0 Å². The Balaban J connectivity index is 2.23. The highest BCUT2D eigenvalue weighted by atomic mass is 16.5. The largest absolute Gasteiger partial charge is 0.493 e. The molecule has 0 aromatic heterocycles. The molecule has 0 aliphatic rings. The quantitative estimate of drug-likeness (QED) is 0.876. The number of hydrogen-bond acceptors (Lipinski definition) is 3. The van der Waals surface area contributed by atoms with Crippen LogP contribution < -0.4 is 15.2 Å². The molecule has 2 rings (SSSR count). The normalized spacial score (nSPS) is 10.5. The summed E-state index contributed by atoms with van der Waals surface area (Å²) < 4.78 is 11.4. The highest BCUT2D eigenvalue weighted by molar-refractivity contribution is 5.46. The molecule has 2 aromatic carbocycles. The summed E-state index contributed by atoms with van der Waals surface area (Å²) in [5.74, 6) is 2.31. The molecule has 0 aliphatic heterocycles. The topological polar surface area (TPSA) is 44.5 Å². The van der Waals surface area contributed by atoms with Crippen LogP contribution in [0.4, 0.5) is 0 Å². The lowest BCUT2D eigenvalue weighted by atomic mass is 10.1. The third-order valence-corrected chi connectivity index (χ3v) is 3.59. The van der Waals surface area contributed by atoms with E-state index in [2.05, 4.69) is 26.0 Å². The summed E-state index contributed by atoms with van der Waals surface area (Å²) >= 11 is 0. The van der Waals surface area contributed by atoms with E-state index in [0.29, 0.717) is 6.54 Å². The molecule has 0 heterocycles. The number of benzene rings is 2. The zero-order valence-electron chi connectivity index (χ0n) is 13.0. The minimum absolute atomic E-state index is 0.660. The summed E-state index contributed by atoms with van der Waals surface area (Å²) in [6.07, 6.45) is 1.87. The maximum Gasteiger partial charge on any atom is 0.169 e. The number of methoxy groups -OCH3 is 1. The summed E-state index contributed by atoms with van der Waals surface area (Å²) in [7, 11) is 1.66. The first-order chi connectivity index (χ1) is 10.2. The van der Waals surface area contributed by atoms with Crippen LogP contribution in [0.1, 0.15) is 23.6 Å². The minimum Gasteiger partial charge on any atom is -0.493 e. The van der Waals surface area contributed by atoms with Gasteiger partial charge in [0.25, 0.3) is 0 Å². The first-order valence-corrected chi connectivity index (χ1v) is 7.32. The Morgan fingerprint density at radius 1 is 1.05 bits per heavy atom. The van der Waals surface area contributed by atoms with E-state index >= 15 is 0 Å². The van der Waals surface area contributed by atoms with Crippen molar-refractivity contribution < 1.29 is 9.47 Å². The Kier molecular flexibility index (Phi) is 5.23. The van der Waals surface area contributed by atoms with Gasteiger partial charge in [-0.15, -0.1) is 0 Å². The van der Waals surface area contributed by atoms with Gasteiger partial charge in [-0.25, -0.2) is 0 Å². The molecule has 0 fully saturated rings. The molecule has 0 bridgehead atoms. The molecule has 3 heteroatoms. The molecular formula is C18H23NO2. The van der Waals surface area contributed by atoms with Crippen LogP contribution >= 0.6 is 0 Å². The average molecular weight is 285 g/mol. The van der Waals surface area contributed by atoms with E-state index in [1.165, 1.54) is 16.7 Å². The second-order valence-electron chi connectivity index (χ2n) is 5.07. The van der Waals surface area contributed by atoms with Gasteiger partial charge in [0.1, 0.15) is 5.75 Å². The summed E-state index contributed by atoms with van der Waals surface area (Å²) in [6.45, 7) is 4.86. The van der Waals surface area contributed by atoms with E-state index in [1.54, 1.807) is 7.11 Å². The lowest BCUT2D eigenvalue weighted by Crippen LogP contribution is -2.04. The second-order valence-corrected chi connectivity index (χ2v) is 5.07. The van der Waals surface area contributed by atoms with E-state index in [9.17, 15) is 0 Å². The molecule has 0 unspecified atom stereocenters. The standard InChI is InChI=1S/C18H23NO2/c1-4-14-5-8-17(18(12-14)20-3)21-16-7-6-15(9-10-19)13(2)11-16/h5-8,11-12H,4,9-10,19H2,1-3H3. The highest BCUT2D eigenvalue weighted by Crippen LogP contribution is 2.33. The zero-order valence-corrected chi connectivity index (χ0v) is 13.0. The third kappa shape index (κ3) is 3.76. The van der Waals surface area contributed by atoms with Gasteiger partial charge in [-0.2, -0.15) is 0 Å². The van der Waals surface area contributed by atoms with E-state index in [-0.39, 0.29) is 0 Å². The summed E-state index contributed by atoms with van der Waals surface area (Å²) in [4.78, 5) is 0. The summed E-state index contributed by atoms with van der Waals surface area (Å²) in [6, 6.07) is 12.1. The molecule has 3 nitrogen and oxygen atoms in total. The van der Waals surface area contributed by atoms with Crippen molar-refractivity contribution in [1.29, 1.82) is 0 Å². The first kappa shape index (κ1) is 15.4. The van der Waals surface area contributed by atoms with Crippen LogP contribution in [-0.2, 0) is 12.8 Å². The van der Waals surface area contributed by atoms with Gasteiger partial charge in [0.15, 0.2) is 11.5 Å². The van der Waals surface area contributed by atoms with Crippen molar-refractivity contribution in [3.05, 3.63) is 53.1 Å². The predicted molar refractivity (Wildman–Crippen MR) is 86.4 cm³/mol. The van der Waals surface area contributed by atoms with E-state index in [0.717, 1.165) is 30.1 Å². The highest BCUT2D eigenvalue weighted by Gasteiger charge is 2.08. The van der Waals surface area contributed by atoms with Gasteiger partial charge < -0.3 is 15.2 Å². The minimum atomic E-state index is 0.660. The SMILES string of the molecule is CCc1ccc(Oc2ccc(CCN)c(C)c2)c(OC)c1. The number of hydrogen-bond donors (Lipinski definition) is 1. The van der Waals surface area contributed by atoms with Gasteiger partial charge >= 0.3 is 0 Å². The molecular weight excluding hydrogens is 262 g/mol.